The van der Waals surface area contributed by atoms with Gasteiger partial charge in [0, 0.05) is 36.4 Å². The molecular weight excluding hydrogens is 431 g/mol. The van der Waals surface area contributed by atoms with E-state index < -0.39 is 0 Å². The van der Waals surface area contributed by atoms with Crippen molar-refractivity contribution in [2.45, 2.75) is 11.8 Å². The maximum atomic E-state index is 6.25. The van der Waals surface area contributed by atoms with E-state index in [2.05, 4.69) is 55.4 Å². The fraction of sp³-hybridized carbons (Fsp3) is 0.286. The summed E-state index contributed by atoms with van der Waals surface area (Å²) < 4.78 is 2.18. The number of thiophene rings is 1. The molecule has 0 aliphatic heterocycles. The molecule has 0 radical (unpaired) electrons. The third kappa shape index (κ3) is 3.76. The molecule has 102 valence electrons. The van der Waals surface area contributed by atoms with E-state index in [-0.39, 0.29) is 5.41 Å². The Hall–Kier alpha value is 0.460. The molecule has 0 saturated heterocycles. The van der Waals surface area contributed by atoms with E-state index in [1.54, 1.807) is 11.3 Å². The van der Waals surface area contributed by atoms with Crippen LogP contribution in [-0.4, -0.2) is 11.8 Å². The van der Waals surface area contributed by atoms with Gasteiger partial charge >= 0.3 is 0 Å². The van der Waals surface area contributed by atoms with E-state index >= 15 is 0 Å². The first-order valence-electron chi connectivity index (χ1n) is 5.70. The molecule has 0 atom stereocenters. The Labute approximate surface area is 144 Å². The second-order valence-corrected chi connectivity index (χ2v) is 7.82. The molecule has 0 saturated carbocycles. The van der Waals surface area contributed by atoms with E-state index in [0.717, 1.165) is 15.4 Å². The van der Waals surface area contributed by atoms with Crippen LogP contribution in [0.3, 0.4) is 0 Å². The minimum Gasteiger partial charge on any atom is -0.148 e. The molecule has 0 aliphatic carbocycles. The molecule has 0 amide bonds. The first-order chi connectivity index (χ1) is 9.09. The van der Waals surface area contributed by atoms with Crippen molar-refractivity contribution < 1.29 is 0 Å². The van der Waals surface area contributed by atoms with E-state index in [4.69, 9.17) is 23.2 Å². The van der Waals surface area contributed by atoms with Crippen molar-refractivity contribution in [3.05, 3.63) is 55.1 Å². The van der Waals surface area contributed by atoms with Crippen LogP contribution in [0.4, 0.5) is 0 Å². The van der Waals surface area contributed by atoms with Gasteiger partial charge in [0.2, 0.25) is 0 Å². The zero-order valence-corrected chi connectivity index (χ0v) is 15.5. The average molecular weight is 443 g/mol. The summed E-state index contributed by atoms with van der Waals surface area (Å²) in [6.07, 6.45) is 0.859. The van der Waals surface area contributed by atoms with Crippen molar-refractivity contribution in [2.75, 3.05) is 11.8 Å². The Balaban J connectivity index is 2.33. The van der Waals surface area contributed by atoms with Crippen molar-refractivity contribution in [3.63, 3.8) is 0 Å². The van der Waals surface area contributed by atoms with Crippen molar-refractivity contribution in [3.8, 4) is 0 Å². The van der Waals surface area contributed by atoms with Gasteiger partial charge in [-0.1, -0.05) is 28.1 Å². The lowest BCUT2D eigenvalue weighted by atomic mass is 9.80. The summed E-state index contributed by atoms with van der Waals surface area (Å²) in [6.45, 7) is 0. The van der Waals surface area contributed by atoms with Crippen molar-refractivity contribution >= 4 is 66.4 Å². The minimum absolute atomic E-state index is 0.214. The van der Waals surface area contributed by atoms with Crippen LogP contribution in [0.25, 0.3) is 0 Å². The second-order valence-electron chi connectivity index (χ2n) is 4.46. The fourth-order valence-corrected chi connectivity index (χ4v) is 4.61. The molecule has 1 aromatic heterocycles. The summed E-state index contributed by atoms with van der Waals surface area (Å²) in [5.74, 6) is 1.02. The molecule has 0 aliphatic rings. The van der Waals surface area contributed by atoms with E-state index in [1.165, 1.54) is 10.4 Å². The maximum absolute atomic E-state index is 6.25. The lowest BCUT2D eigenvalue weighted by Crippen LogP contribution is -2.33. The Kier molecular flexibility index (Phi) is 5.79. The van der Waals surface area contributed by atoms with Gasteiger partial charge in [0.05, 0.1) is 0 Å². The van der Waals surface area contributed by atoms with Crippen LogP contribution in [0.2, 0.25) is 0 Å². The number of benzene rings is 1. The molecule has 2 aromatic rings. The SMILES string of the molecule is ClCC(CCl)(Cc1cc(Br)cs1)c1ccc(Br)cc1. The van der Waals surface area contributed by atoms with E-state index in [1.807, 2.05) is 12.1 Å². The van der Waals surface area contributed by atoms with Gasteiger partial charge in [-0.25, -0.2) is 0 Å². The normalized spacial score (nSPS) is 11.8. The maximum Gasteiger partial charge on any atom is 0.0335 e. The smallest absolute Gasteiger partial charge is 0.0335 e. The topological polar surface area (TPSA) is 0 Å². The van der Waals surface area contributed by atoms with Crippen LogP contribution >= 0.6 is 66.4 Å². The van der Waals surface area contributed by atoms with Crippen molar-refractivity contribution in [2.24, 2.45) is 0 Å². The first kappa shape index (κ1) is 15.8. The number of rotatable bonds is 5. The number of alkyl halides is 2. The lowest BCUT2D eigenvalue weighted by molar-refractivity contribution is 0.541. The zero-order chi connectivity index (χ0) is 13.9. The van der Waals surface area contributed by atoms with Gasteiger partial charge in [0.1, 0.15) is 0 Å². The minimum atomic E-state index is -0.214. The first-order valence-corrected chi connectivity index (χ1v) is 9.24. The fourth-order valence-electron chi connectivity index (χ4n) is 1.97. The zero-order valence-electron chi connectivity index (χ0n) is 10.0. The summed E-state index contributed by atoms with van der Waals surface area (Å²) in [7, 11) is 0. The van der Waals surface area contributed by atoms with E-state index in [9.17, 15) is 0 Å². The summed E-state index contributed by atoms with van der Waals surface area (Å²) in [6, 6.07) is 10.4. The number of halogens is 4. The Morgan fingerprint density at radius 3 is 2.11 bits per heavy atom. The molecule has 19 heavy (non-hydrogen) atoms. The van der Waals surface area contributed by atoms with E-state index in [0.29, 0.717) is 11.8 Å². The van der Waals surface area contributed by atoms with Crippen LogP contribution in [-0.2, 0) is 11.8 Å². The second kappa shape index (κ2) is 6.95. The van der Waals surface area contributed by atoms with Crippen LogP contribution < -0.4 is 0 Å². The molecule has 0 N–H and O–H groups in total. The predicted molar refractivity (Wildman–Crippen MR) is 93.0 cm³/mol. The van der Waals surface area contributed by atoms with Gasteiger partial charge in [-0.05, 0) is 46.1 Å². The highest BCUT2D eigenvalue weighted by molar-refractivity contribution is 9.10. The molecule has 0 nitrogen and oxygen atoms in total. The quantitative estimate of drug-likeness (QED) is 0.481. The molecule has 0 bridgehead atoms. The highest BCUT2D eigenvalue weighted by Crippen LogP contribution is 2.35. The van der Waals surface area contributed by atoms with Gasteiger partial charge in [-0.15, -0.1) is 34.5 Å². The highest BCUT2D eigenvalue weighted by atomic mass is 79.9. The van der Waals surface area contributed by atoms with Gasteiger partial charge in [0.25, 0.3) is 0 Å². The lowest BCUT2D eigenvalue weighted by Gasteiger charge is -2.30. The number of hydrogen-bond donors (Lipinski definition) is 0. The third-order valence-electron chi connectivity index (χ3n) is 3.10. The van der Waals surface area contributed by atoms with Crippen molar-refractivity contribution in [1.29, 1.82) is 0 Å². The molecule has 0 spiro atoms. The summed E-state index contributed by atoms with van der Waals surface area (Å²) in [5, 5.41) is 2.09. The van der Waals surface area contributed by atoms with Gasteiger partial charge in [0.15, 0.2) is 0 Å². The molecule has 1 aromatic carbocycles. The molecule has 0 unspecified atom stereocenters. The summed E-state index contributed by atoms with van der Waals surface area (Å²) in [5.41, 5.74) is 0.971. The van der Waals surface area contributed by atoms with Gasteiger partial charge < -0.3 is 0 Å². The highest BCUT2D eigenvalue weighted by Gasteiger charge is 2.31. The Morgan fingerprint density at radius 1 is 1.00 bits per heavy atom. The number of hydrogen-bond acceptors (Lipinski definition) is 1. The Bertz CT molecular complexity index is 533. The Morgan fingerprint density at radius 2 is 1.63 bits per heavy atom. The van der Waals surface area contributed by atoms with Crippen molar-refractivity contribution in [1.82, 2.24) is 0 Å². The average Bonchev–Trinajstić information content (AvgIpc) is 2.82. The summed E-state index contributed by atoms with van der Waals surface area (Å²) >= 11 is 21.2. The third-order valence-corrected chi connectivity index (χ3v) is 6.35. The molecule has 2 rings (SSSR count). The standard InChI is InChI=1S/C14H12Br2Cl2S/c15-11-3-1-10(2-4-11)14(8-17,9-18)6-13-5-12(16)7-19-13/h1-5,7H,6,8-9H2. The van der Waals surface area contributed by atoms with Crippen LogP contribution in [0, 0.1) is 0 Å². The van der Waals surface area contributed by atoms with Crippen LogP contribution in [0.15, 0.2) is 44.7 Å². The molecule has 1 heterocycles. The van der Waals surface area contributed by atoms with Crippen LogP contribution in [0.5, 0.6) is 0 Å². The predicted octanol–water partition coefficient (Wildman–Crippen LogP) is 6.23. The molecular formula is C14H12Br2Cl2S. The molecule has 5 heteroatoms. The monoisotopic (exact) mass is 440 g/mol. The van der Waals surface area contributed by atoms with Crippen LogP contribution in [0.1, 0.15) is 10.4 Å². The molecule has 0 fully saturated rings. The summed E-state index contributed by atoms with van der Waals surface area (Å²) in [4.78, 5) is 1.29. The van der Waals surface area contributed by atoms with Gasteiger partial charge in [-0.3, -0.25) is 0 Å². The van der Waals surface area contributed by atoms with Gasteiger partial charge in [-0.2, -0.15) is 0 Å². The largest absolute Gasteiger partial charge is 0.148 e.